The number of benzene rings is 4. The van der Waals surface area contributed by atoms with Crippen LogP contribution in [0.4, 0.5) is 4.79 Å². The molecule has 11 heteroatoms. The number of cyclic esters (lactones) is 1. The van der Waals surface area contributed by atoms with E-state index in [4.69, 9.17) is 18.9 Å². The molecular weight excluding hydrogens is 727 g/mol. The lowest BCUT2D eigenvalue weighted by atomic mass is 9.87. The monoisotopic (exact) mass is 775 g/mol. The van der Waals surface area contributed by atoms with Crippen molar-refractivity contribution in [3.05, 3.63) is 149 Å². The summed E-state index contributed by atoms with van der Waals surface area (Å²) in [5.41, 5.74) is 3.91. The van der Waals surface area contributed by atoms with Gasteiger partial charge in [-0.25, -0.2) is 9.69 Å². The molecule has 1 aliphatic heterocycles. The smallest absolute Gasteiger partial charge is 0.416 e. The number of hydrogen-bond acceptors (Lipinski definition) is 10. The maximum atomic E-state index is 14.6. The van der Waals surface area contributed by atoms with E-state index in [1.54, 1.807) is 48.5 Å². The van der Waals surface area contributed by atoms with Crippen molar-refractivity contribution in [1.82, 2.24) is 4.90 Å². The summed E-state index contributed by atoms with van der Waals surface area (Å²) in [4.78, 5) is 69.8. The maximum absolute atomic E-state index is 14.6. The van der Waals surface area contributed by atoms with Gasteiger partial charge in [-0.3, -0.25) is 19.2 Å². The number of imide groups is 1. The fourth-order valence-corrected chi connectivity index (χ4v) is 6.64. The number of Topliss-reactive ketones (excluding diaryl/α,β-unsaturated/α-hetero) is 1. The van der Waals surface area contributed by atoms with Gasteiger partial charge in [0.1, 0.15) is 12.7 Å². The molecule has 0 aliphatic carbocycles. The third-order valence-corrected chi connectivity index (χ3v) is 9.51. The van der Waals surface area contributed by atoms with Crippen molar-refractivity contribution in [3.63, 3.8) is 0 Å². The van der Waals surface area contributed by atoms with Crippen molar-refractivity contribution >= 4 is 35.1 Å². The van der Waals surface area contributed by atoms with E-state index in [1.807, 2.05) is 73.7 Å². The molecule has 11 nitrogen and oxygen atoms in total. The summed E-state index contributed by atoms with van der Waals surface area (Å²) in [6.07, 6.45) is -1.37. The summed E-state index contributed by atoms with van der Waals surface area (Å²) in [6.45, 7) is 3.33. The summed E-state index contributed by atoms with van der Waals surface area (Å²) in [7, 11) is 0. The molecule has 298 valence electrons. The molecule has 1 fully saturated rings. The van der Waals surface area contributed by atoms with Gasteiger partial charge in [0.25, 0.3) is 0 Å². The van der Waals surface area contributed by atoms with Gasteiger partial charge in [0.05, 0.1) is 31.8 Å². The van der Waals surface area contributed by atoms with E-state index in [1.165, 1.54) is 0 Å². The number of esters is 1. The Hall–Kier alpha value is -5.75. The number of ether oxygens (including phenoxy) is 4. The molecule has 1 heterocycles. The minimum absolute atomic E-state index is 0.00705. The summed E-state index contributed by atoms with van der Waals surface area (Å²) in [5.74, 6) is -4.03. The summed E-state index contributed by atoms with van der Waals surface area (Å²) < 4.78 is 22.5. The largest absolute Gasteiger partial charge is 0.453 e. The van der Waals surface area contributed by atoms with Crippen LogP contribution in [0.3, 0.4) is 0 Å². The van der Waals surface area contributed by atoms with Crippen LogP contribution in [-0.2, 0) is 57.6 Å². The minimum Gasteiger partial charge on any atom is -0.453 e. The quantitative estimate of drug-likeness (QED) is 0.0584. The molecule has 5 rings (SSSR count). The van der Waals surface area contributed by atoms with Gasteiger partial charge < -0.3 is 24.1 Å². The summed E-state index contributed by atoms with van der Waals surface area (Å²) >= 11 is 0. The Bertz CT molecular complexity index is 1980. The molecule has 4 aromatic rings. The van der Waals surface area contributed by atoms with Gasteiger partial charge in [0, 0.05) is 25.5 Å². The standard InChI is InChI=1S/C46H49NO10/c1-32-14-12-21-37(24-32)40(42(50)22-13-23-54-31-39(28-48)55-29-36-19-10-5-11-20-36)27-43(51)44(57-33(2)49)41(26-35-17-8-4-9-18-35)45(52)47-38(30-56-46(47)53)25-34-15-6-3-7-16-34/h3-12,14-21,24,27,38-39,41,44,48H,13,22-23,25-26,28-31H2,1-2H3/t38-,39-,41-,44-/m1/s1. The zero-order valence-electron chi connectivity index (χ0n) is 32.3. The van der Waals surface area contributed by atoms with E-state index in [9.17, 15) is 29.1 Å². The number of carbonyl (C=O) groups excluding carboxylic acids is 5. The maximum Gasteiger partial charge on any atom is 0.416 e. The average molecular weight is 776 g/mol. The number of aliphatic hydroxyl groups is 1. The molecule has 1 saturated heterocycles. The molecule has 0 spiro atoms. The molecule has 4 atom stereocenters. The third kappa shape index (κ3) is 12.6. The number of rotatable bonds is 21. The lowest BCUT2D eigenvalue weighted by Gasteiger charge is -2.29. The Kier molecular flexibility index (Phi) is 16.0. The van der Waals surface area contributed by atoms with Crippen LogP contribution < -0.4 is 0 Å². The molecule has 4 aromatic carbocycles. The van der Waals surface area contributed by atoms with Gasteiger partial charge in [-0.05, 0) is 54.5 Å². The molecule has 0 unspecified atom stereocenters. The molecule has 1 N–H and O–H groups in total. The Labute approximate surface area is 333 Å². The van der Waals surface area contributed by atoms with Crippen molar-refractivity contribution < 1.29 is 48.0 Å². The second kappa shape index (κ2) is 21.5. The van der Waals surface area contributed by atoms with Gasteiger partial charge in [-0.15, -0.1) is 0 Å². The fraction of sp³-hybridized carbons (Fsp3) is 0.326. The number of ketones is 2. The van der Waals surface area contributed by atoms with Gasteiger partial charge in [0.2, 0.25) is 5.91 Å². The van der Waals surface area contributed by atoms with E-state index < -0.39 is 47.9 Å². The zero-order valence-corrected chi connectivity index (χ0v) is 32.3. The number of allylic oxidation sites excluding steroid dienone is 1. The molecule has 1 aliphatic rings. The van der Waals surface area contributed by atoms with Crippen molar-refractivity contribution in [3.8, 4) is 0 Å². The molecule has 0 aromatic heterocycles. The average Bonchev–Trinajstić information content (AvgIpc) is 3.58. The predicted octanol–water partition coefficient (Wildman–Crippen LogP) is 6.27. The normalized spacial score (nSPS) is 15.7. The van der Waals surface area contributed by atoms with Gasteiger partial charge in [-0.2, -0.15) is 0 Å². The number of amides is 2. The molecule has 0 radical (unpaired) electrons. The summed E-state index contributed by atoms with van der Waals surface area (Å²) in [5, 5.41) is 9.78. The first-order valence-corrected chi connectivity index (χ1v) is 19.1. The summed E-state index contributed by atoms with van der Waals surface area (Å²) in [6, 6.07) is 34.3. The number of aliphatic hydroxyl groups excluding tert-OH is 1. The van der Waals surface area contributed by atoms with Crippen LogP contribution in [0.5, 0.6) is 0 Å². The van der Waals surface area contributed by atoms with E-state index in [-0.39, 0.29) is 50.6 Å². The third-order valence-electron chi connectivity index (χ3n) is 9.51. The van der Waals surface area contributed by atoms with E-state index in [2.05, 4.69) is 0 Å². The van der Waals surface area contributed by atoms with Crippen LogP contribution >= 0.6 is 0 Å². The molecular formula is C46H49NO10. The fourth-order valence-electron chi connectivity index (χ4n) is 6.64. The van der Waals surface area contributed by atoms with Gasteiger partial charge in [-0.1, -0.05) is 121 Å². The van der Waals surface area contributed by atoms with Crippen molar-refractivity contribution in [2.24, 2.45) is 5.92 Å². The highest BCUT2D eigenvalue weighted by atomic mass is 16.6. The molecule has 0 saturated carbocycles. The highest BCUT2D eigenvalue weighted by molar-refractivity contribution is 6.25. The first-order valence-electron chi connectivity index (χ1n) is 19.1. The van der Waals surface area contributed by atoms with Crippen molar-refractivity contribution in [2.75, 3.05) is 26.4 Å². The van der Waals surface area contributed by atoms with Crippen LogP contribution in [0.15, 0.2) is 121 Å². The Morgan fingerprint density at radius 2 is 1.53 bits per heavy atom. The molecule has 0 bridgehead atoms. The van der Waals surface area contributed by atoms with Crippen LogP contribution in [0.2, 0.25) is 0 Å². The van der Waals surface area contributed by atoms with Crippen LogP contribution in [0.1, 0.15) is 47.6 Å². The Morgan fingerprint density at radius 1 is 0.877 bits per heavy atom. The second-order valence-electron chi connectivity index (χ2n) is 14.0. The highest BCUT2D eigenvalue weighted by Gasteiger charge is 2.45. The Morgan fingerprint density at radius 3 is 2.16 bits per heavy atom. The Balaban J connectivity index is 1.37. The van der Waals surface area contributed by atoms with E-state index >= 15 is 0 Å². The minimum atomic E-state index is -1.68. The van der Waals surface area contributed by atoms with Gasteiger partial charge >= 0.3 is 12.1 Å². The zero-order chi connectivity index (χ0) is 40.6. The lowest BCUT2D eigenvalue weighted by molar-refractivity contribution is -0.158. The number of carbonyl (C=O) groups is 5. The van der Waals surface area contributed by atoms with Crippen LogP contribution in [-0.4, -0.2) is 84.2 Å². The first kappa shape index (κ1) is 42.4. The SMILES string of the molecule is CC(=O)O[C@@H](C(=O)C=C(C(=O)CCCOC[C@@H](CO)OCc1ccccc1)c1cccc(C)c1)[C@@H](Cc1ccccc1)C(=O)N1C(=O)OC[C@H]1Cc1ccccc1. The topological polar surface area (TPSA) is 146 Å². The van der Waals surface area contributed by atoms with E-state index in [0.29, 0.717) is 30.6 Å². The second-order valence-corrected chi connectivity index (χ2v) is 14.0. The lowest BCUT2D eigenvalue weighted by Crippen LogP contribution is -2.49. The van der Waals surface area contributed by atoms with Crippen LogP contribution in [0.25, 0.3) is 5.57 Å². The molecule has 2 amide bonds. The van der Waals surface area contributed by atoms with Crippen LogP contribution in [0, 0.1) is 12.8 Å². The number of nitrogens with zero attached hydrogens (tertiary/aromatic N) is 1. The predicted molar refractivity (Wildman–Crippen MR) is 213 cm³/mol. The molecule has 57 heavy (non-hydrogen) atoms. The van der Waals surface area contributed by atoms with Gasteiger partial charge in [0.15, 0.2) is 17.7 Å². The van der Waals surface area contributed by atoms with Crippen molar-refractivity contribution in [1.29, 1.82) is 0 Å². The van der Waals surface area contributed by atoms with E-state index in [0.717, 1.165) is 34.6 Å². The van der Waals surface area contributed by atoms with Crippen molar-refractivity contribution in [2.45, 2.75) is 64.4 Å². The number of aryl methyl sites for hydroxylation is 1. The first-order chi connectivity index (χ1) is 27.6. The highest BCUT2D eigenvalue weighted by Crippen LogP contribution is 2.28. The number of hydrogen-bond donors (Lipinski definition) is 1.